The summed E-state index contributed by atoms with van der Waals surface area (Å²) >= 11 is 0. The van der Waals surface area contributed by atoms with Crippen molar-refractivity contribution < 1.29 is 27.5 Å². The Balaban J connectivity index is 1.69. The van der Waals surface area contributed by atoms with Crippen LogP contribution in [-0.4, -0.2) is 11.0 Å². The molecule has 0 saturated heterocycles. The fraction of sp³-hybridized carbons (Fsp3) is 0.167. The molecule has 1 aliphatic rings. The molecule has 1 heterocycles. The number of carbonyl (C=O) groups is 1. The van der Waals surface area contributed by atoms with Crippen molar-refractivity contribution in [2.45, 2.75) is 25.9 Å². The number of pyridine rings is 1. The topological polar surface area (TPSA) is 74.4 Å². The van der Waals surface area contributed by atoms with E-state index in [4.69, 9.17) is 10.6 Å². The molecule has 0 fully saturated rings. The number of halogens is 3. The lowest BCUT2D eigenvalue weighted by Gasteiger charge is -2.15. The van der Waals surface area contributed by atoms with Gasteiger partial charge >= 0.3 is 5.97 Å². The van der Waals surface area contributed by atoms with Gasteiger partial charge in [0.25, 0.3) is 0 Å². The lowest BCUT2D eigenvalue weighted by atomic mass is 9.99. The van der Waals surface area contributed by atoms with Crippen LogP contribution in [0.5, 0.6) is 5.75 Å². The van der Waals surface area contributed by atoms with Crippen LogP contribution in [0.25, 0.3) is 11.1 Å². The molecule has 32 heavy (non-hydrogen) atoms. The third-order valence-corrected chi connectivity index (χ3v) is 5.32. The second kappa shape index (κ2) is 9.23. The van der Waals surface area contributed by atoms with Crippen molar-refractivity contribution >= 4 is 17.1 Å². The second-order valence-corrected chi connectivity index (χ2v) is 7.23. The highest BCUT2D eigenvalue weighted by atomic mass is 19.2. The molecule has 4 rings (SSSR count). The Kier molecular flexibility index (Phi) is 6.23. The van der Waals surface area contributed by atoms with Crippen LogP contribution in [0.3, 0.4) is 0 Å². The Labute approximate surface area is 182 Å². The Morgan fingerprint density at radius 1 is 0.938 bits per heavy atom. The smallest absolute Gasteiger partial charge is 0.375 e. The van der Waals surface area contributed by atoms with E-state index in [2.05, 4.69) is 9.82 Å². The van der Waals surface area contributed by atoms with Crippen LogP contribution in [0.2, 0.25) is 0 Å². The monoisotopic (exact) mass is 440 g/mol. The van der Waals surface area contributed by atoms with Gasteiger partial charge in [0.1, 0.15) is 18.2 Å². The van der Waals surface area contributed by atoms with E-state index in [0.717, 1.165) is 48.1 Å². The zero-order valence-electron chi connectivity index (χ0n) is 16.9. The predicted molar refractivity (Wildman–Crippen MR) is 112 cm³/mol. The van der Waals surface area contributed by atoms with Gasteiger partial charge in [-0.3, -0.25) is 0 Å². The van der Waals surface area contributed by atoms with E-state index in [9.17, 15) is 18.0 Å². The SMILES string of the molecule is NOC(=O)c1cccc(C2=C(c3ccccc3OCc3c(F)ccc(F)c3F)CCC2)n1. The number of hydrogen-bond acceptors (Lipinski definition) is 5. The lowest BCUT2D eigenvalue weighted by Crippen LogP contribution is -2.12. The molecule has 0 bridgehead atoms. The zero-order chi connectivity index (χ0) is 22.7. The third kappa shape index (κ3) is 4.22. The molecule has 1 aliphatic carbocycles. The van der Waals surface area contributed by atoms with Gasteiger partial charge in [0.05, 0.1) is 11.3 Å². The van der Waals surface area contributed by atoms with Gasteiger partial charge in [-0.2, -0.15) is 5.90 Å². The summed E-state index contributed by atoms with van der Waals surface area (Å²) in [6.07, 6.45) is 2.32. The van der Waals surface area contributed by atoms with Crippen LogP contribution in [0.15, 0.2) is 54.6 Å². The van der Waals surface area contributed by atoms with E-state index >= 15 is 0 Å². The molecule has 3 aromatic rings. The molecule has 0 radical (unpaired) electrons. The predicted octanol–water partition coefficient (Wildman–Crippen LogP) is 5.20. The minimum absolute atomic E-state index is 0.0883. The van der Waals surface area contributed by atoms with Crippen molar-refractivity contribution in [2.24, 2.45) is 5.90 Å². The van der Waals surface area contributed by atoms with Gasteiger partial charge in [-0.05, 0) is 60.7 Å². The van der Waals surface area contributed by atoms with Crippen molar-refractivity contribution in [2.75, 3.05) is 0 Å². The molecule has 0 spiro atoms. The first-order chi connectivity index (χ1) is 15.5. The van der Waals surface area contributed by atoms with Gasteiger partial charge < -0.3 is 9.57 Å². The maximum atomic E-state index is 14.0. The normalized spacial score (nSPS) is 13.4. The summed E-state index contributed by atoms with van der Waals surface area (Å²) in [6.45, 7) is -0.467. The first-order valence-corrected chi connectivity index (χ1v) is 9.94. The molecule has 0 atom stereocenters. The zero-order valence-corrected chi connectivity index (χ0v) is 16.9. The standard InChI is InChI=1S/C24H19F3N2O3/c25-18-11-12-19(26)23(27)17(18)13-31-22-10-2-1-5-16(22)14-6-3-7-15(14)20-8-4-9-21(29-20)24(30)32-28/h1-2,4-5,8-12H,3,6-7,13,28H2. The molecule has 164 valence electrons. The summed E-state index contributed by atoms with van der Waals surface area (Å²) in [5.74, 6) is 1.34. The number of carbonyl (C=O) groups excluding carboxylic acids is 1. The van der Waals surface area contributed by atoms with E-state index < -0.39 is 35.6 Å². The fourth-order valence-corrected chi connectivity index (χ4v) is 3.79. The number of benzene rings is 2. The van der Waals surface area contributed by atoms with Crippen LogP contribution in [0, 0.1) is 17.5 Å². The highest BCUT2D eigenvalue weighted by molar-refractivity contribution is 5.94. The molecule has 0 aliphatic heterocycles. The van der Waals surface area contributed by atoms with Crippen molar-refractivity contribution in [1.82, 2.24) is 4.98 Å². The van der Waals surface area contributed by atoms with Crippen molar-refractivity contribution in [3.05, 3.63) is 94.6 Å². The number of nitrogens with zero attached hydrogens (tertiary/aromatic N) is 1. The first-order valence-electron chi connectivity index (χ1n) is 9.94. The summed E-state index contributed by atoms with van der Waals surface area (Å²) < 4.78 is 47.3. The number of hydrogen-bond donors (Lipinski definition) is 1. The number of para-hydroxylation sites is 1. The van der Waals surface area contributed by atoms with Crippen LogP contribution in [0.1, 0.15) is 46.6 Å². The van der Waals surface area contributed by atoms with Gasteiger partial charge in [0.15, 0.2) is 17.3 Å². The number of rotatable bonds is 6. The number of aromatic nitrogens is 1. The summed E-state index contributed by atoms with van der Waals surface area (Å²) in [5, 5.41) is 0. The Morgan fingerprint density at radius 3 is 2.50 bits per heavy atom. The van der Waals surface area contributed by atoms with Crippen LogP contribution in [-0.2, 0) is 11.4 Å². The molecule has 5 nitrogen and oxygen atoms in total. The highest BCUT2D eigenvalue weighted by Crippen LogP contribution is 2.42. The average Bonchev–Trinajstić information content (AvgIpc) is 3.31. The molecular formula is C24H19F3N2O3. The summed E-state index contributed by atoms with van der Waals surface area (Å²) in [4.78, 5) is 20.4. The Hall–Kier alpha value is -3.65. The summed E-state index contributed by atoms with van der Waals surface area (Å²) in [6, 6.07) is 13.7. The van der Waals surface area contributed by atoms with Crippen molar-refractivity contribution in [1.29, 1.82) is 0 Å². The molecular weight excluding hydrogens is 421 g/mol. The summed E-state index contributed by atoms with van der Waals surface area (Å²) in [5.41, 5.74) is 2.84. The molecule has 1 aromatic heterocycles. The first kappa shape index (κ1) is 21.6. The van der Waals surface area contributed by atoms with Crippen LogP contribution >= 0.6 is 0 Å². The van der Waals surface area contributed by atoms with Crippen LogP contribution in [0.4, 0.5) is 13.2 Å². The Bertz CT molecular complexity index is 1210. The maximum absolute atomic E-state index is 14.0. The molecule has 0 amide bonds. The van der Waals surface area contributed by atoms with Crippen molar-refractivity contribution in [3.8, 4) is 5.75 Å². The second-order valence-electron chi connectivity index (χ2n) is 7.23. The quantitative estimate of drug-likeness (QED) is 0.421. The van der Waals surface area contributed by atoms with Crippen LogP contribution < -0.4 is 10.6 Å². The van der Waals surface area contributed by atoms with Gasteiger partial charge in [-0.25, -0.2) is 22.9 Å². The van der Waals surface area contributed by atoms with E-state index in [0.29, 0.717) is 11.4 Å². The Morgan fingerprint density at radius 2 is 1.69 bits per heavy atom. The van der Waals surface area contributed by atoms with Gasteiger partial charge in [0.2, 0.25) is 0 Å². The molecule has 0 unspecified atom stereocenters. The largest absolute Gasteiger partial charge is 0.488 e. The number of ether oxygens (including phenoxy) is 1. The van der Waals surface area contributed by atoms with Crippen molar-refractivity contribution in [3.63, 3.8) is 0 Å². The minimum Gasteiger partial charge on any atom is -0.488 e. The highest BCUT2D eigenvalue weighted by Gasteiger charge is 2.23. The molecule has 2 aromatic carbocycles. The lowest BCUT2D eigenvalue weighted by molar-refractivity contribution is 0.0496. The molecule has 2 N–H and O–H groups in total. The van der Waals surface area contributed by atoms with E-state index in [-0.39, 0.29) is 5.69 Å². The molecule has 8 heteroatoms. The van der Waals surface area contributed by atoms with Gasteiger partial charge in [0, 0.05) is 5.56 Å². The number of allylic oxidation sites excluding steroid dienone is 2. The maximum Gasteiger partial charge on any atom is 0.375 e. The van der Waals surface area contributed by atoms with Gasteiger partial charge in [-0.1, -0.05) is 24.3 Å². The minimum atomic E-state index is -1.27. The number of nitrogens with two attached hydrogens (primary N) is 1. The van der Waals surface area contributed by atoms with E-state index in [1.165, 1.54) is 6.07 Å². The van der Waals surface area contributed by atoms with E-state index in [1.54, 1.807) is 24.3 Å². The van der Waals surface area contributed by atoms with Gasteiger partial charge in [-0.15, -0.1) is 0 Å². The fourth-order valence-electron chi connectivity index (χ4n) is 3.79. The third-order valence-electron chi connectivity index (χ3n) is 5.32. The molecule has 0 saturated carbocycles. The van der Waals surface area contributed by atoms with E-state index in [1.807, 2.05) is 12.1 Å². The average molecular weight is 440 g/mol. The summed E-state index contributed by atoms with van der Waals surface area (Å²) in [7, 11) is 0.